The zero-order valence-electron chi connectivity index (χ0n) is 24.4. The quantitative estimate of drug-likeness (QED) is 0.404. The van der Waals surface area contributed by atoms with Gasteiger partial charge in [-0.2, -0.15) is 5.10 Å². The van der Waals surface area contributed by atoms with Gasteiger partial charge >= 0.3 is 0 Å². The number of rotatable bonds is 4. The van der Waals surface area contributed by atoms with Crippen LogP contribution in [0, 0.1) is 6.92 Å². The van der Waals surface area contributed by atoms with Gasteiger partial charge in [0.05, 0.1) is 22.9 Å². The fourth-order valence-electron chi connectivity index (χ4n) is 5.88. The lowest BCUT2D eigenvalue weighted by atomic mass is 10.0. The molecule has 0 radical (unpaired) electrons. The van der Waals surface area contributed by atoms with Crippen molar-refractivity contribution in [2.75, 3.05) is 51.7 Å². The van der Waals surface area contributed by atoms with Crippen LogP contribution in [0.15, 0.2) is 36.5 Å². The van der Waals surface area contributed by atoms with Crippen LogP contribution in [0.3, 0.4) is 0 Å². The second kappa shape index (κ2) is 12.0. The summed E-state index contributed by atoms with van der Waals surface area (Å²) in [5, 5.41) is 7.60. The summed E-state index contributed by atoms with van der Waals surface area (Å²) in [7, 11) is 4.15. The lowest BCUT2D eigenvalue weighted by Crippen LogP contribution is -2.45. The van der Waals surface area contributed by atoms with Crippen LogP contribution >= 0.6 is 0 Å². The molecule has 3 aromatic heterocycles. The van der Waals surface area contributed by atoms with Crippen LogP contribution < -0.4 is 10.1 Å². The lowest BCUT2D eigenvalue weighted by molar-refractivity contribution is 0.102. The third-order valence-electron chi connectivity index (χ3n) is 8.32. The number of carbonyl (C=O) groups is 1. The van der Waals surface area contributed by atoms with Gasteiger partial charge in [0, 0.05) is 74.9 Å². The maximum Gasteiger partial charge on any atom is 0.258 e. The molecule has 0 saturated carbocycles. The van der Waals surface area contributed by atoms with Gasteiger partial charge in [-0.3, -0.25) is 24.7 Å². The number of piperazine rings is 1. The Kier molecular flexibility index (Phi) is 8.02. The van der Waals surface area contributed by atoms with Crippen molar-refractivity contribution in [3.05, 3.63) is 53.5 Å². The zero-order chi connectivity index (χ0) is 28.3. The number of amides is 1. The zero-order valence-corrected chi connectivity index (χ0v) is 24.4. The number of carbonyl (C=O) groups excluding carboxylic acids is 1. The molecule has 2 aliphatic rings. The number of ether oxygens (including phenoxy) is 1. The van der Waals surface area contributed by atoms with Gasteiger partial charge in [-0.25, -0.2) is 4.98 Å². The molecule has 41 heavy (non-hydrogen) atoms. The number of aryl methyl sites for hydroxylation is 3. The highest BCUT2D eigenvalue weighted by Gasteiger charge is 2.19. The fraction of sp³-hybridized carbons (Fsp3) is 0.484. The minimum atomic E-state index is -0.197. The summed E-state index contributed by atoms with van der Waals surface area (Å²) in [6.07, 6.45) is 7.07. The number of pyridine rings is 1. The molecule has 4 aromatic rings. The summed E-state index contributed by atoms with van der Waals surface area (Å²) in [5.74, 6) is 1.20. The van der Waals surface area contributed by atoms with Crippen LogP contribution in [0.2, 0.25) is 0 Å². The molecule has 10 nitrogen and oxygen atoms in total. The van der Waals surface area contributed by atoms with Crippen molar-refractivity contribution in [3.8, 4) is 17.0 Å². The number of benzene rings is 1. The van der Waals surface area contributed by atoms with Crippen molar-refractivity contribution in [2.45, 2.75) is 45.6 Å². The minimum absolute atomic E-state index is 0.197. The van der Waals surface area contributed by atoms with Crippen molar-refractivity contribution in [3.63, 3.8) is 0 Å². The van der Waals surface area contributed by atoms with Gasteiger partial charge in [0.15, 0.2) is 0 Å². The fourth-order valence-corrected chi connectivity index (χ4v) is 5.88. The van der Waals surface area contributed by atoms with Crippen molar-refractivity contribution >= 4 is 22.9 Å². The van der Waals surface area contributed by atoms with Gasteiger partial charge in [0.2, 0.25) is 5.95 Å². The van der Waals surface area contributed by atoms with Gasteiger partial charge < -0.3 is 14.2 Å². The Morgan fingerprint density at radius 1 is 0.951 bits per heavy atom. The largest absolute Gasteiger partial charge is 0.492 e. The van der Waals surface area contributed by atoms with Gasteiger partial charge in [0.25, 0.3) is 5.91 Å². The van der Waals surface area contributed by atoms with Crippen LogP contribution in [-0.4, -0.2) is 86.4 Å². The van der Waals surface area contributed by atoms with Crippen LogP contribution in [0.4, 0.5) is 5.95 Å². The molecule has 0 atom stereocenters. The highest BCUT2D eigenvalue weighted by Crippen LogP contribution is 2.28. The molecule has 10 heteroatoms. The van der Waals surface area contributed by atoms with Crippen molar-refractivity contribution in [1.29, 1.82) is 0 Å². The molecular formula is C31H40N8O2. The first-order valence-corrected chi connectivity index (χ1v) is 14.8. The highest BCUT2D eigenvalue weighted by atomic mass is 16.5. The molecule has 5 heterocycles. The number of nitrogens with one attached hydrogen (secondary N) is 1. The monoisotopic (exact) mass is 556 g/mol. The summed E-state index contributed by atoms with van der Waals surface area (Å²) in [6.45, 7) is 8.62. The molecule has 1 amide bonds. The molecule has 1 fully saturated rings. The normalized spacial score (nSPS) is 17.4. The third kappa shape index (κ3) is 6.13. The Morgan fingerprint density at radius 3 is 2.63 bits per heavy atom. The number of nitrogens with zero attached hydrogens (tertiary/aromatic N) is 7. The van der Waals surface area contributed by atoms with E-state index in [0.717, 1.165) is 111 Å². The molecule has 1 N–H and O–H groups in total. The highest BCUT2D eigenvalue weighted by molar-refractivity contribution is 6.04. The Hall–Kier alpha value is -3.76. The second-order valence-electron chi connectivity index (χ2n) is 11.4. The Labute approximate surface area is 241 Å². The van der Waals surface area contributed by atoms with E-state index >= 15 is 0 Å². The first-order valence-electron chi connectivity index (χ1n) is 14.8. The number of aromatic nitrogens is 5. The SMILES string of the molecule is Cc1cc2cc(n1)-c1cnn(C)c1CCCCCCn1c(nc3ccc(OCCN4CCN(C)CC4)cc31)NC2=O. The van der Waals surface area contributed by atoms with Gasteiger partial charge in [0.1, 0.15) is 12.4 Å². The van der Waals surface area contributed by atoms with Crippen LogP contribution in [0.1, 0.15) is 47.4 Å². The predicted octanol–water partition coefficient (Wildman–Crippen LogP) is 4.14. The third-order valence-corrected chi connectivity index (χ3v) is 8.32. The first-order chi connectivity index (χ1) is 19.9. The van der Waals surface area contributed by atoms with Gasteiger partial charge in [-0.05, 0) is 57.5 Å². The van der Waals surface area contributed by atoms with Crippen molar-refractivity contribution < 1.29 is 9.53 Å². The smallest absolute Gasteiger partial charge is 0.258 e. The number of imidazole rings is 1. The average molecular weight is 557 g/mol. The average Bonchev–Trinajstić information content (AvgIpc) is 3.50. The lowest BCUT2D eigenvalue weighted by Gasteiger charge is -2.32. The van der Waals surface area contributed by atoms with Crippen LogP contribution in [0.5, 0.6) is 5.75 Å². The molecular weight excluding hydrogens is 516 g/mol. The van der Waals surface area contributed by atoms with E-state index < -0.39 is 0 Å². The number of anilines is 1. The van der Waals surface area contributed by atoms with Crippen molar-refractivity contribution in [1.82, 2.24) is 34.1 Å². The molecule has 0 unspecified atom stereocenters. The molecule has 0 aliphatic carbocycles. The van der Waals surface area contributed by atoms with Crippen LogP contribution in [0.25, 0.3) is 22.3 Å². The summed E-state index contributed by atoms with van der Waals surface area (Å²) in [6, 6.07) is 9.72. The summed E-state index contributed by atoms with van der Waals surface area (Å²) < 4.78 is 10.3. The van der Waals surface area contributed by atoms with E-state index in [4.69, 9.17) is 14.7 Å². The Morgan fingerprint density at radius 2 is 1.78 bits per heavy atom. The van der Waals surface area contributed by atoms with E-state index in [1.165, 1.54) is 0 Å². The first kappa shape index (κ1) is 27.4. The van der Waals surface area contributed by atoms with E-state index in [1.807, 2.05) is 49.1 Å². The topological polar surface area (TPSA) is 93.3 Å². The number of fused-ring (bicyclic) bond motifs is 7. The molecule has 6 rings (SSSR count). The standard InChI is InChI=1S/C31H40N8O2/c1-22-18-23-19-27(33-22)25-21-32-37(3)28(25)8-6-4-5-7-11-39-29-20-24(9-10-26(29)34-31(39)35-30(23)40)41-17-16-38-14-12-36(2)13-15-38/h9-10,18-21H,4-8,11-17H2,1-3H3,(H,34,35,40). The van der Waals surface area contributed by atoms with E-state index in [0.29, 0.717) is 18.1 Å². The second-order valence-corrected chi connectivity index (χ2v) is 11.4. The van der Waals surface area contributed by atoms with Gasteiger partial charge in [-0.1, -0.05) is 12.8 Å². The predicted molar refractivity (Wildman–Crippen MR) is 160 cm³/mol. The molecule has 216 valence electrons. The van der Waals surface area contributed by atoms with E-state index in [9.17, 15) is 4.79 Å². The molecule has 1 aromatic carbocycles. The van der Waals surface area contributed by atoms with E-state index in [-0.39, 0.29) is 5.91 Å². The minimum Gasteiger partial charge on any atom is -0.492 e. The number of hydrogen-bond acceptors (Lipinski definition) is 7. The molecule has 1 saturated heterocycles. The number of likely N-dealkylation sites (N-methyl/N-ethyl adjacent to an activating group) is 1. The summed E-state index contributed by atoms with van der Waals surface area (Å²) in [5.41, 5.74) is 6.10. The maximum atomic E-state index is 13.6. The summed E-state index contributed by atoms with van der Waals surface area (Å²) >= 11 is 0. The molecule has 0 spiro atoms. The van der Waals surface area contributed by atoms with E-state index in [2.05, 4.69) is 37.9 Å². The Balaban J connectivity index is 1.26. The molecule has 2 bridgehead atoms. The van der Waals surface area contributed by atoms with Gasteiger partial charge in [-0.15, -0.1) is 0 Å². The Bertz CT molecular complexity index is 1530. The summed E-state index contributed by atoms with van der Waals surface area (Å²) in [4.78, 5) is 28.0. The van der Waals surface area contributed by atoms with Crippen molar-refractivity contribution in [2.24, 2.45) is 7.05 Å². The van der Waals surface area contributed by atoms with Crippen LogP contribution in [-0.2, 0) is 20.0 Å². The molecule has 2 aliphatic heterocycles. The number of hydrogen-bond donors (Lipinski definition) is 1. The van der Waals surface area contributed by atoms with E-state index in [1.54, 1.807) is 0 Å². The maximum absolute atomic E-state index is 13.6.